The van der Waals surface area contributed by atoms with E-state index < -0.39 is 24.5 Å². The highest BCUT2D eigenvalue weighted by Gasteiger charge is 2.18. The number of benzene rings is 1. The number of nitrogens with one attached hydrogen (secondary N) is 1. The Morgan fingerprint density at radius 2 is 1.95 bits per heavy atom. The highest BCUT2D eigenvalue weighted by Crippen LogP contribution is 2.12. The first kappa shape index (κ1) is 15.0. The summed E-state index contributed by atoms with van der Waals surface area (Å²) in [4.78, 5) is 22.0. The van der Waals surface area contributed by atoms with Crippen LogP contribution in [0.15, 0.2) is 24.3 Å². The Labute approximate surface area is 111 Å². The highest BCUT2D eigenvalue weighted by atomic mass is 16.5. The summed E-state index contributed by atoms with van der Waals surface area (Å²) >= 11 is 0. The molecule has 0 aliphatic heterocycles. The predicted octanol–water partition coefficient (Wildman–Crippen LogP) is 0.189. The number of hydrogen-bond acceptors (Lipinski definition) is 4. The van der Waals surface area contributed by atoms with Crippen LogP contribution in [0.1, 0.15) is 12.5 Å². The molecule has 1 unspecified atom stereocenters. The van der Waals surface area contributed by atoms with Crippen LogP contribution in [-0.2, 0) is 16.0 Å². The number of carbonyl (C=O) groups is 2. The van der Waals surface area contributed by atoms with E-state index in [0.717, 1.165) is 12.0 Å². The summed E-state index contributed by atoms with van der Waals surface area (Å²) in [6, 6.07) is 5.96. The van der Waals surface area contributed by atoms with Gasteiger partial charge >= 0.3 is 5.97 Å². The number of ether oxygens (including phenoxy) is 1. The number of aliphatic carboxylic acids is 1. The standard InChI is InChI=1S/C13H17NO5/c1-2-9-3-5-10(6-4-9)19-8-12(16)14-11(7-15)13(17)18/h3-6,11,15H,2,7-8H2,1H3,(H,14,16)(H,17,18). The molecule has 1 rings (SSSR count). The Morgan fingerprint density at radius 1 is 1.32 bits per heavy atom. The van der Waals surface area contributed by atoms with Gasteiger partial charge in [0, 0.05) is 0 Å². The van der Waals surface area contributed by atoms with Crippen LogP contribution in [0.3, 0.4) is 0 Å². The van der Waals surface area contributed by atoms with Crippen LogP contribution in [0.4, 0.5) is 0 Å². The molecule has 0 aromatic heterocycles. The third kappa shape index (κ3) is 4.97. The largest absolute Gasteiger partial charge is 0.484 e. The summed E-state index contributed by atoms with van der Waals surface area (Å²) in [5, 5.41) is 19.5. The molecule has 0 aliphatic carbocycles. The molecule has 0 saturated carbocycles. The number of rotatable bonds is 7. The quantitative estimate of drug-likeness (QED) is 0.655. The van der Waals surface area contributed by atoms with Gasteiger partial charge in [0.2, 0.25) is 0 Å². The number of aliphatic hydroxyl groups excluding tert-OH is 1. The van der Waals surface area contributed by atoms with Crippen molar-refractivity contribution >= 4 is 11.9 Å². The first-order valence-electron chi connectivity index (χ1n) is 5.91. The SMILES string of the molecule is CCc1ccc(OCC(=O)NC(CO)C(=O)O)cc1. The molecule has 1 aromatic carbocycles. The second kappa shape index (κ2) is 7.38. The first-order chi connectivity index (χ1) is 9.06. The topological polar surface area (TPSA) is 95.9 Å². The van der Waals surface area contributed by atoms with Crippen LogP contribution in [0.5, 0.6) is 5.75 Å². The average Bonchev–Trinajstić information content (AvgIpc) is 2.42. The first-order valence-corrected chi connectivity index (χ1v) is 5.91. The van der Waals surface area contributed by atoms with Crippen molar-refractivity contribution in [2.45, 2.75) is 19.4 Å². The summed E-state index contributed by atoms with van der Waals surface area (Å²) in [5.41, 5.74) is 1.16. The van der Waals surface area contributed by atoms with Crippen molar-refractivity contribution in [1.29, 1.82) is 0 Å². The molecule has 6 heteroatoms. The zero-order valence-corrected chi connectivity index (χ0v) is 10.6. The lowest BCUT2D eigenvalue weighted by Crippen LogP contribution is -2.45. The van der Waals surface area contributed by atoms with Crippen molar-refractivity contribution in [2.75, 3.05) is 13.2 Å². The van der Waals surface area contributed by atoms with E-state index in [0.29, 0.717) is 5.75 Å². The van der Waals surface area contributed by atoms with Gasteiger partial charge in [0.05, 0.1) is 6.61 Å². The average molecular weight is 267 g/mol. The van der Waals surface area contributed by atoms with Gasteiger partial charge < -0.3 is 20.3 Å². The molecule has 0 bridgehead atoms. The smallest absolute Gasteiger partial charge is 0.328 e. The van der Waals surface area contributed by atoms with E-state index in [1.165, 1.54) is 0 Å². The van der Waals surface area contributed by atoms with Crippen molar-refractivity contribution in [3.05, 3.63) is 29.8 Å². The number of aliphatic hydroxyl groups is 1. The van der Waals surface area contributed by atoms with Crippen LogP contribution in [0.25, 0.3) is 0 Å². The van der Waals surface area contributed by atoms with E-state index in [4.69, 9.17) is 14.9 Å². The minimum atomic E-state index is -1.31. The van der Waals surface area contributed by atoms with Crippen molar-refractivity contribution in [3.8, 4) is 5.75 Å². The number of aryl methyl sites for hydroxylation is 1. The van der Waals surface area contributed by atoms with Gasteiger partial charge in [-0.1, -0.05) is 19.1 Å². The second-order valence-electron chi connectivity index (χ2n) is 3.93. The Bertz CT molecular complexity index is 429. The molecule has 0 saturated heterocycles. The zero-order chi connectivity index (χ0) is 14.3. The van der Waals surface area contributed by atoms with Gasteiger partial charge in [0.25, 0.3) is 5.91 Å². The van der Waals surface area contributed by atoms with Gasteiger partial charge in [0.15, 0.2) is 6.61 Å². The Kier molecular flexibility index (Phi) is 5.81. The molecule has 6 nitrogen and oxygen atoms in total. The van der Waals surface area contributed by atoms with Gasteiger partial charge in [-0.3, -0.25) is 4.79 Å². The molecule has 19 heavy (non-hydrogen) atoms. The molecule has 1 atom stereocenters. The van der Waals surface area contributed by atoms with Gasteiger partial charge in [-0.15, -0.1) is 0 Å². The summed E-state index contributed by atoms with van der Waals surface area (Å²) < 4.78 is 5.21. The Hall–Kier alpha value is -2.08. The fourth-order valence-electron chi connectivity index (χ4n) is 1.39. The molecule has 0 aliphatic rings. The van der Waals surface area contributed by atoms with Crippen LogP contribution in [-0.4, -0.2) is 41.3 Å². The maximum absolute atomic E-state index is 11.4. The van der Waals surface area contributed by atoms with E-state index >= 15 is 0 Å². The Morgan fingerprint density at radius 3 is 2.42 bits per heavy atom. The van der Waals surface area contributed by atoms with E-state index in [1.54, 1.807) is 12.1 Å². The monoisotopic (exact) mass is 267 g/mol. The van der Waals surface area contributed by atoms with Crippen LogP contribution < -0.4 is 10.1 Å². The van der Waals surface area contributed by atoms with Crippen LogP contribution >= 0.6 is 0 Å². The molecule has 0 spiro atoms. The molecule has 104 valence electrons. The van der Waals surface area contributed by atoms with E-state index in [2.05, 4.69) is 5.32 Å². The second-order valence-corrected chi connectivity index (χ2v) is 3.93. The Balaban J connectivity index is 2.42. The molecular formula is C13H17NO5. The van der Waals surface area contributed by atoms with Crippen molar-refractivity contribution < 1.29 is 24.5 Å². The normalized spacial score (nSPS) is 11.7. The summed E-state index contributed by atoms with van der Waals surface area (Å²) in [6.45, 7) is 1.08. The fourth-order valence-corrected chi connectivity index (χ4v) is 1.39. The van der Waals surface area contributed by atoms with Crippen LogP contribution in [0.2, 0.25) is 0 Å². The summed E-state index contributed by atoms with van der Waals surface area (Å²) in [7, 11) is 0. The lowest BCUT2D eigenvalue weighted by Gasteiger charge is -2.12. The molecule has 0 radical (unpaired) electrons. The molecule has 1 aromatic rings. The van der Waals surface area contributed by atoms with Crippen molar-refractivity contribution in [2.24, 2.45) is 0 Å². The predicted molar refractivity (Wildman–Crippen MR) is 68.0 cm³/mol. The summed E-state index contributed by atoms with van der Waals surface area (Å²) in [6.07, 6.45) is 0.914. The zero-order valence-electron chi connectivity index (χ0n) is 10.6. The minimum Gasteiger partial charge on any atom is -0.484 e. The number of carboxylic acids is 1. The number of carboxylic acid groups (broad SMARTS) is 1. The third-order valence-electron chi connectivity index (χ3n) is 2.52. The third-order valence-corrected chi connectivity index (χ3v) is 2.52. The molecular weight excluding hydrogens is 250 g/mol. The van der Waals surface area contributed by atoms with E-state index in [9.17, 15) is 9.59 Å². The van der Waals surface area contributed by atoms with Gasteiger partial charge in [0.1, 0.15) is 11.8 Å². The van der Waals surface area contributed by atoms with Gasteiger partial charge in [-0.2, -0.15) is 0 Å². The molecule has 1 amide bonds. The molecule has 0 fully saturated rings. The molecule has 3 N–H and O–H groups in total. The van der Waals surface area contributed by atoms with E-state index in [-0.39, 0.29) is 6.61 Å². The van der Waals surface area contributed by atoms with Gasteiger partial charge in [-0.05, 0) is 24.1 Å². The maximum Gasteiger partial charge on any atom is 0.328 e. The number of carbonyl (C=O) groups excluding carboxylic acids is 1. The summed E-state index contributed by atoms with van der Waals surface area (Å²) in [5.74, 6) is -1.35. The minimum absolute atomic E-state index is 0.296. The fraction of sp³-hybridized carbons (Fsp3) is 0.385. The number of amides is 1. The highest BCUT2D eigenvalue weighted by molar-refractivity contribution is 5.84. The lowest BCUT2D eigenvalue weighted by atomic mass is 10.2. The van der Waals surface area contributed by atoms with E-state index in [1.807, 2.05) is 19.1 Å². The van der Waals surface area contributed by atoms with Crippen molar-refractivity contribution in [1.82, 2.24) is 5.32 Å². The number of hydrogen-bond donors (Lipinski definition) is 3. The van der Waals surface area contributed by atoms with Crippen LogP contribution in [0, 0.1) is 0 Å². The molecule has 0 heterocycles. The maximum atomic E-state index is 11.4. The lowest BCUT2D eigenvalue weighted by molar-refractivity contribution is -0.143. The van der Waals surface area contributed by atoms with Crippen molar-refractivity contribution in [3.63, 3.8) is 0 Å². The van der Waals surface area contributed by atoms with Gasteiger partial charge in [-0.25, -0.2) is 4.79 Å².